The van der Waals surface area contributed by atoms with Crippen LogP contribution in [0.15, 0.2) is 36.4 Å². The molecule has 1 aromatic carbocycles. The molecule has 0 radical (unpaired) electrons. The third-order valence-electron chi connectivity index (χ3n) is 4.35. The van der Waals surface area contributed by atoms with Gasteiger partial charge in [-0.25, -0.2) is 0 Å². The van der Waals surface area contributed by atoms with E-state index in [2.05, 4.69) is 24.3 Å². The van der Waals surface area contributed by atoms with Crippen molar-refractivity contribution in [2.24, 2.45) is 11.8 Å². The van der Waals surface area contributed by atoms with Crippen LogP contribution < -0.4 is 4.74 Å². The Morgan fingerprint density at radius 1 is 1.00 bits per heavy atom. The van der Waals surface area contributed by atoms with Crippen LogP contribution in [0, 0.1) is 11.8 Å². The van der Waals surface area contributed by atoms with Crippen LogP contribution in [0.3, 0.4) is 0 Å². The van der Waals surface area contributed by atoms with Gasteiger partial charge < -0.3 is 9.47 Å². The van der Waals surface area contributed by atoms with Gasteiger partial charge in [-0.3, -0.25) is 0 Å². The van der Waals surface area contributed by atoms with Gasteiger partial charge in [-0.05, 0) is 30.5 Å². The molecular formula is C15H18O2. The zero-order valence-corrected chi connectivity index (χ0v) is 10.3. The summed E-state index contributed by atoms with van der Waals surface area (Å²) in [5.41, 5.74) is 1.16. The lowest BCUT2D eigenvalue weighted by Crippen LogP contribution is -2.34. The quantitative estimate of drug-likeness (QED) is 0.743. The maximum atomic E-state index is 5.94. The van der Waals surface area contributed by atoms with Gasteiger partial charge in [-0.2, -0.15) is 0 Å². The Bertz CT molecular complexity index is 419. The van der Waals surface area contributed by atoms with E-state index in [4.69, 9.17) is 9.47 Å². The van der Waals surface area contributed by atoms with E-state index in [1.807, 2.05) is 19.2 Å². The summed E-state index contributed by atoms with van der Waals surface area (Å²) in [6.45, 7) is 0. The second-order valence-corrected chi connectivity index (χ2v) is 4.90. The molecule has 0 amide bonds. The third kappa shape index (κ3) is 1.37. The number of rotatable bonds is 3. The Labute approximate surface area is 102 Å². The standard InChI is InChI=1S/C15H18O2/c1-16-14-9-7-13(8-10-14)15(17-2)11-3-4-12(15)6-5-11/h3-4,7-12H,5-6H2,1-2H3. The molecule has 2 heteroatoms. The maximum Gasteiger partial charge on any atom is 0.118 e. The fourth-order valence-electron chi connectivity index (χ4n) is 3.51. The van der Waals surface area contributed by atoms with Crippen LogP contribution >= 0.6 is 0 Å². The summed E-state index contributed by atoms with van der Waals surface area (Å²) in [7, 11) is 3.53. The molecular weight excluding hydrogens is 212 g/mol. The molecule has 17 heavy (non-hydrogen) atoms. The lowest BCUT2D eigenvalue weighted by molar-refractivity contribution is -0.0473. The van der Waals surface area contributed by atoms with Crippen molar-refractivity contribution in [3.8, 4) is 5.75 Å². The van der Waals surface area contributed by atoms with Gasteiger partial charge in [0.2, 0.25) is 0 Å². The Morgan fingerprint density at radius 3 is 2.00 bits per heavy atom. The molecule has 0 aromatic heterocycles. The molecule has 2 nitrogen and oxygen atoms in total. The molecule has 3 rings (SSSR count). The first-order valence-electron chi connectivity index (χ1n) is 6.19. The zero-order valence-electron chi connectivity index (χ0n) is 10.3. The van der Waals surface area contributed by atoms with Gasteiger partial charge in [0.1, 0.15) is 11.4 Å². The van der Waals surface area contributed by atoms with Crippen LogP contribution in [0.5, 0.6) is 5.75 Å². The monoisotopic (exact) mass is 230 g/mol. The van der Waals surface area contributed by atoms with E-state index >= 15 is 0 Å². The van der Waals surface area contributed by atoms with Crippen molar-refractivity contribution in [1.29, 1.82) is 0 Å². The van der Waals surface area contributed by atoms with Crippen LogP contribution in [-0.4, -0.2) is 14.2 Å². The topological polar surface area (TPSA) is 18.5 Å². The number of methoxy groups -OCH3 is 2. The number of hydrogen-bond acceptors (Lipinski definition) is 2. The molecule has 0 N–H and O–H groups in total. The molecule has 1 aromatic rings. The van der Waals surface area contributed by atoms with Crippen LogP contribution in [0.25, 0.3) is 0 Å². The van der Waals surface area contributed by atoms with Crippen LogP contribution in [0.1, 0.15) is 18.4 Å². The number of benzene rings is 1. The highest BCUT2D eigenvalue weighted by Crippen LogP contribution is 2.55. The summed E-state index contributed by atoms with van der Waals surface area (Å²) in [6.07, 6.45) is 7.12. The highest BCUT2D eigenvalue weighted by molar-refractivity contribution is 5.37. The van der Waals surface area contributed by atoms with Crippen LogP contribution in [-0.2, 0) is 10.3 Å². The first kappa shape index (κ1) is 10.8. The van der Waals surface area contributed by atoms with Crippen LogP contribution in [0.2, 0.25) is 0 Å². The van der Waals surface area contributed by atoms with Gasteiger partial charge in [0, 0.05) is 18.9 Å². The molecule has 2 aliphatic carbocycles. The minimum Gasteiger partial charge on any atom is -0.497 e. The van der Waals surface area contributed by atoms with Gasteiger partial charge in [-0.1, -0.05) is 24.3 Å². The van der Waals surface area contributed by atoms with E-state index in [0.29, 0.717) is 11.8 Å². The second kappa shape index (κ2) is 3.88. The molecule has 1 saturated carbocycles. The van der Waals surface area contributed by atoms with Gasteiger partial charge >= 0.3 is 0 Å². The van der Waals surface area contributed by atoms with Crippen molar-refractivity contribution in [1.82, 2.24) is 0 Å². The predicted molar refractivity (Wildman–Crippen MR) is 67.0 cm³/mol. The zero-order chi connectivity index (χ0) is 11.9. The Balaban J connectivity index is 2.01. The van der Waals surface area contributed by atoms with E-state index < -0.39 is 0 Å². The predicted octanol–water partition coefficient (Wildman–Crippen LogP) is 3.13. The molecule has 2 atom stereocenters. The fraction of sp³-hybridized carbons (Fsp3) is 0.467. The number of fused-ring (bicyclic) bond motifs is 2. The van der Waals surface area contributed by atoms with E-state index in [9.17, 15) is 0 Å². The third-order valence-corrected chi connectivity index (χ3v) is 4.35. The van der Waals surface area contributed by atoms with E-state index in [0.717, 1.165) is 5.75 Å². The largest absolute Gasteiger partial charge is 0.497 e. The SMILES string of the molecule is COc1ccc(C2(OC)C3C=CC2CC3)cc1. The fourth-order valence-corrected chi connectivity index (χ4v) is 3.51. The Morgan fingerprint density at radius 2 is 1.59 bits per heavy atom. The average molecular weight is 230 g/mol. The molecule has 2 unspecified atom stereocenters. The molecule has 90 valence electrons. The van der Waals surface area contributed by atoms with Crippen molar-refractivity contribution < 1.29 is 9.47 Å². The highest BCUT2D eigenvalue weighted by atomic mass is 16.5. The molecule has 2 aliphatic rings. The molecule has 1 fully saturated rings. The van der Waals surface area contributed by atoms with Crippen molar-refractivity contribution >= 4 is 0 Å². The Hall–Kier alpha value is -1.28. The van der Waals surface area contributed by atoms with Gasteiger partial charge in [-0.15, -0.1) is 0 Å². The van der Waals surface area contributed by atoms with Crippen molar-refractivity contribution in [3.05, 3.63) is 42.0 Å². The second-order valence-electron chi connectivity index (χ2n) is 4.90. The average Bonchev–Trinajstić information content (AvgIpc) is 2.94. The summed E-state index contributed by atoms with van der Waals surface area (Å²) in [5, 5.41) is 0. The summed E-state index contributed by atoms with van der Waals surface area (Å²) in [4.78, 5) is 0. The summed E-state index contributed by atoms with van der Waals surface area (Å²) in [5.74, 6) is 1.97. The highest BCUT2D eigenvalue weighted by Gasteiger charge is 2.53. The van der Waals surface area contributed by atoms with Crippen LogP contribution in [0.4, 0.5) is 0 Å². The van der Waals surface area contributed by atoms with Gasteiger partial charge in [0.25, 0.3) is 0 Å². The van der Waals surface area contributed by atoms with E-state index in [1.165, 1.54) is 18.4 Å². The summed E-state index contributed by atoms with van der Waals surface area (Å²) < 4.78 is 11.2. The molecule has 0 saturated heterocycles. The first-order chi connectivity index (χ1) is 8.31. The van der Waals surface area contributed by atoms with Gasteiger partial charge in [0.15, 0.2) is 0 Å². The normalized spacial score (nSPS) is 34.2. The molecule has 0 aliphatic heterocycles. The number of hydrogen-bond donors (Lipinski definition) is 0. The maximum absolute atomic E-state index is 5.94. The lowest BCUT2D eigenvalue weighted by Gasteiger charge is -2.34. The smallest absolute Gasteiger partial charge is 0.118 e. The van der Waals surface area contributed by atoms with Gasteiger partial charge in [0.05, 0.1) is 7.11 Å². The minimum absolute atomic E-state index is 0.119. The lowest BCUT2D eigenvalue weighted by atomic mass is 9.83. The minimum atomic E-state index is -0.119. The van der Waals surface area contributed by atoms with Crippen molar-refractivity contribution in [2.75, 3.05) is 14.2 Å². The van der Waals surface area contributed by atoms with Crippen molar-refractivity contribution in [3.63, 3.8) is 0 Å². The molecule has 2 bridgehead atoms. The number of ether oxygens (including phenoxy) is 2. The first-order valence-corrected chi connectivity index (χ1v) is 6.19. The van der Waals surface area contributed by atoms with E-state index in [1.54, 1.807) is 7.11 Å². The van der Waals surface area contributed by atoms with Crippen molar-refractivity contribution in [2.45, 2.75) is 18.4 Å². The molecule has 0 heterocycles. The summed E-state index contributed by atoms with van der Waals surface area (Å²) >= 11 is 0. The molecule has 0 spiro atoms. The summed E-state index contributed by atoms with van der Waals surface area (Å²) in [6, 6.07) is 8.32. The Kier molecular flexibility index (Phi) is 2.48. The van der Waals surface area contributed by atoms with E-state index in [-0.39, 0.29) is 5.60 Å².